The van der Waals surface area contributed by atoms with E-state index in [4.69, 9.17) is 9.97 Å². The molecule has 2 N–H and O–H groups in total. The number of nitrogens with one attached hydrogen (secondary N) is 2. The van der Waals surface area contributed by atoms with E-state index >= 15 is 0 Å². The fraction of sp³-hybridized carbons (Fsp3) is 0.130. The van der Waals surface area contributed by atoms with Crippen molar-refractivity contribution in [3.05, 3.63) is 72.4 Å². The lowest BCUT2D eigenvalue weighted by Gasteiger charge is -2.12. The lowest BCUT2D eigenvalue weighted by atomic mass is 10.1. The summed E-state index contributed by atoms with van der Waals surface area (Å²) >= 11 is 1.46. The number of hydrogen-bond acceptors (Lipinski definition) is 6. The summed E-state index contributed by atoms with van der Waals surface area (Å²) < 4.78 is 1.75. The van der Waals surface area contributed by atoms with E-state index in [-0.39, 0.29) is 5.91 Å². The minimum atomic E-state index is -0.0967. The lowest BCUT2D eigenvalue weighted by molar-refractivity contribution is -0.114. The molecule has 0 atom stereocenters. The molecule has 0 aliphatic heterocycles. The molecule has 7 nitrogen and oxygen atoms in total. The fourth-order valence-electron chi connectivity index (χ4n) is 3.08. The summed E-state index contributed by atoms with van der Waals surface area (Å²) in [5.41, 5.74) is 3.80. The van der Waals surface area contributed by atoms with Gasteiger partial charge in [0.25, 0.3) is 0 Å². The minimum absolute atomic E-state index is 0.0967. The Morgan fingerprint density at radius 3 is 2.48 bits per heavy atom. The molecule has 0 unspecified atom stereocenters. The van der Waals surface area contributed by atoms with Gasteiger partial charge in [-0.05, 0) is 48.5 Å². The van der Waals surface area contributed by atoms with Crippen molar-refractivity contribution in [2.24, 2.45) is 7.05 Å². The van der Waals surface area contributed by atoms with Gasteiger partial charge in [0.05, 0.1) is 11.9 Å². The van der Waals surface area contributed by atoms with Gasteiger partial charge in [0.15, 0.2) is 5.16 Å². The Labute approximate surface area is 184 Å². The molecule has 31 heavy (non-hydrogen) atoms. The third-order valence-corrected chi connectivity index (χ3v) is 5.46. The van der Waals surface area contributed by atoms with Crippen molar-refractivity contribution in [1.29, 1.82) is 0 Å². The average Bonchev–Trinajstić information content (AvgIpc) is 3.14. The van der Waals surface area contributed by atoms with Crippen LogP contribution in [0, 0.1) is 6.92 Å². The largest absolute Gasteiger partial charge is 0.326 e. The molecule has 0 saturated heterocycles. The number of benzene rings is 2. The van der Waals surface area contributed by atoms with Crippen molar-refractivity contribution in [2.75, 3.05) is 10.6 Å². The summed E-state index contributed by atoms with van der Waals surface area (Å²) in [7, 11) is 1.87. The highest BCUT2D eigenvalue weighted by molar-refractivity contribution is 7.99. The van der Waals surface area contributed by atoms with E-state index in [1.54, 1.807) is 10.9 Å². The second-order valence-electron chi connectivity index (χ2n) is 7.01. The van der Waals surface area contributed by atoms with Crippen LogP contribution in [0.25, 0.3) is 11.3 Å². The summed E-state index contributed by atoms with van der Waals surface area (Å²) in [5.74, 6) is 1.43. The van der Waals surface area contributed by atoms with Crippen molar-refractivity contribution >= 4 is 35.0 Å². The molecule has 2 aromatic carbocycles. The Bertz CT molecular complexity index is 1220. The number of nitrogens with zero attached hydrogens (tertiary/aromatic N) is 4. The van der Waals surface area contributed by atoms with Crippen LogP contribution < -0.4 is 10.6 Å². The average molecular weight is 431 g/mol. The molecule has 4 rings (SSSR count). The number of anilines is 3. The predicted molar refractivity (Wildman–Crippen MR) is 124 cm³/mol. The lowest BCUT2D eigenvalue weighted by Crippen LogP contribution is -2.05. The number of aryl methyl sites for hydroxylation is 2. The Kier molecular flexibility index (Phi) is 5.99. The van der Waals surface area contributed by atoms with Gasteiger partial charge in [0.2, 0.25) is 5.91 Å². The molecule has 4 aromatic rings. The molecule has 0 aliphatic rings. The van der Waals surface area contributed by atoms with Crippen LogP contribution in [0.4, 0.5) is 17.3 Å². The first-order valence-corrected chi connectivity index (χ1v) is 10.6. The molecule has 156 valence electrons. The van der Waals surface area contributed by atoms with Gasteiger partial charge in [-0.1, -0.05) is 24.3 Å². The summed E-state index contributed by atoms with van der Waals surface area (Å²) in [4.78, 5) is 21.7. The second-order valence-corrected chi connectivity index (χ2v) is 8.05. The molecule has 0 bridgehead atoms. The molecule has 1 amide bonds. The van der Waals surface area contributed by atoms with Gasteiger partial charge in [0, 0.05) is 42.3 Å². The van der Waals surface area contributed by atoms with Crippen molar-refractivity contribution in [1.82, 2.24) is 19.7 Å². The summed E-state index contributed by atoms with van der Waals surface area (Å²) in [6, 6.07) is 19.6. The van der Waals surface area contributed by atoms with Crippen molar-refractivity contribution < 1.29 is 4.79 Å². The third-order valence-electron chi connectivity index (χ3n) is 4.59. The SMILES string of the molecule is CC(=O)Nc1ccc(Sc2nc(Nc3ccnn3C)cc(-c3ccccc3C)n2)cc1. The molecule has 0 radical (unpaired) electrons. The number of carbonyl (C=O) groups excluding carboxylic acids is 1. The maximum absolute atomic E-state index is 11.2. The first kappa shape index (κ1) is 20.6. The molecule has 2 heterocycles. The van der Waals surface area contributed by atoms with E-state index in [0.29, 0.717) is 11.0 Å². The highest BCUT2D eigenvalue weighted by Gasteiger charge is 2.11. The summed E-state index contributed by atoms with van der Waals surface area (Å²) in [5, 5.41) is 10.9. The Hall–Kier alpha value is -3.65. The van der Waals surface area contributed by atoms with E-state index in [9.17, 15) is 4.79 Å². The zero-order chi connectivity index (χ0) is 21.8. The minimum Gasteiger partial charge on any atom is -0.326 e. The Balaban J connectivity index is 1.68. The van der Waals surface area contributed by atoms with Crippen molar-refractivity contribution in [2.45, 2.75) is 23.9 Å². The number of amides is 1. The van der Waals surface area contributed by atoms with Crippen LogP contribution in [-0.4, -0.2) is 25.7 Å². The van der Waals surface area contributed by atoms with E-state index in [2.05, 4.69) is 34.8 Å². The highest BCUT2D eigenvalue weighted by Crippen LogP contribution is 2.31. The monoisotopic (exact) mass is 430 g/mol. The molecule has 0 saturated carbocycles. The molecular weight excluding hydrogens is 408 g/mol. The highest BCUT2D eigenvalue weighted by atomic mass is 32.2. The number of hydrogen-bond donors (Lipinski definition) is 2. The number of aromatic nitrogens is 4. The molecule has 8 heteroatoms. The zero-order valence-electron chi connectivity index (χ0n) is 17.5. The van der Waals surface area contributed by atoms with E-state index in [0.717, 1.165) is 33.2 Å². The Morgan fingerprint density at radius 2 is 1.81 bits per heavy atom. The number of carbonyl (C=O) groups is 1. The van der Waals surface area contributed by atoms with E-state index < -0.39 is 0 Å². The standard InChI is InChI=1S/C23H22N6OS/c1-15-6-4-5-7-19(15)20-14-21(27-22-12-13-24-29(22)3)28-23(26-20)31-18-10-8-17(9-11-18)25-16(2)30/h4-14H,1-3H3,(H,25,30)(H,26,27,28). The van der Waals surface area contributed by atoms with Gasteiger partial charge in [-0.2, -0.15) is 5.10 Å². The van der Waals surface area contributed by atoms with Crippen molar-refractivity contribution in [3.8, 4) is 11.3 Å². The van der Waals surface area contributed by atoms with Crippen LogP contribution in [-0.2, 0) is 11.8 Å². The second kappa shape index (κ2) is 9.01. The van der Waals surface area contributed by atoms with Crippen LogP contribution in [0.5, 0.6) is 0 Å². The van der Waals surface area contributed by atoms with Gasteiger partial charge in [-0.25, -0.2) is 9.97 Å². The first-order chi connectivity index (χ1) is 15.0. The maximum atomic E-state index is 11.2. The zero-order valence-corrected chi connectivity index (χ0v) is 18.3. The van der Waals surface area contributed by atoms with E-state index in [1.807, 2.05) is 55.6 Å². The molecule has 0 aliphatic carbocycles. The van der Waals surface area contributed by atoms with E-state index in [1.165, 1.54) is 18.7 Å². The van der Waals surface area contributed by atoms with Crippen molar-refractivity contribution in [3.63, 3.8) is 0 Å². The molecule has 2 aromatic heterocycles. The molecular formula is C23H22N6OS. The van der Waals surface area contributed by atoms with Crippen LogP contribution in [0.1, 0.15) is 12.5 Å². The quantitative estimate of drug-likeness (QED) is 0.417. The van der Waals surface area contributed by atoms with Gasteiger partial charge < -0.3 is 10.6 Å². The number of rotatable bonds is 6. The molecule has 0 spiro atoms. The van der Waals surface area contributed by atoms with Gasteiger partial charge >= 0.3 is 0 Å². The summed E-state index contributed by atoms with van der Waals surface area (Å²) in [6.45, 7) is 3.56. The van der Waals surface area contributed by atoms with Crippen LogP contribution in [0.3, 0.4) is 0 Å². The smallest absolute Gasteiger partial charge is 0.221 e. The maximum Gasteiger partial charge on any atom is 0.221 e. The van der Waals surface area contributed by atoms with Crippen LogP contribution in [0.15, 0.2) is 76.9 Å². The first-order valence-electron chi connectivity index (χ1n) is 9.73. The predicted octanol–water partition coefficient (Wildman–Crippen LogP) is 5.04. The van der Waals surface area contributed by atoms with Gasteiger partial charge in [-0.15, -0.1) is 0 Å². The van der Waals surface area contributed by atoms with Gasteiger partial charge in [0.1, 0.15) is 11.6 Å². The van der Waals surface area contributed by atoms with Crippen LogP contribution >= 0.6 is 11.8 Å². The molecule has 0 fully saturated rings. The topological polar surface area (TPSA) is 84.7 Å². The van der Waals surface area contributed by atoms with Gasteiger partial charge in [-0.3, -0.25) is 9.48 Å². The summed E-state index contributed by atoms with van der Waals surface area (Å²) in [6.07, 6.45) is 1.73. The fourth-order valence-corrected chi connectivity index (χ4v) is 3.85. The Morgan fingerprint density at radius 1 is 1.03 bits per heavy atom. The third kappa shape index (κ3) is 5.10. The van der Waals surface area contributed by atoms with Crippen LogP contribution in [0.2, 0.25) is 0 Å². The normalized spacial score (nSPS) is 10.7.